The predicted octanol–water partition coefficient (Wildman–Crippen LogP) is 2.59. The van der Waals surface area contributed by atoms with Gasteiger partial charge in [-0.2, -0.15) is 10.2 Å². The summed E-state index contributed by atoms with van der Waals surface area (Å²) < 4.78 is 28.1. The second-order valence-corrected chi connectivity index (χ2v) is 8.51. The molecule has 9 nitrogen and oxygen atoms in total. The van der Waals surface area contributed by atoms with Crippen molar-refractivity contribution in [3.05, 3.63) is 59.9 Å². The Hall–Kier alpha value is -2.89. The molecule has 29 heavy (non-hydrogen) atoms. The number of ether oxygens (including phenoxy) is 1. The maximum atomic E-state index is 11.3. The Bertz CT molecular complexity index is 1100. The lowest BCUT2D eigenvalue weighted by atomic mass is 10.1. The number of nitrogens with one attached hydrogen (secondary N) is 2. The number of nitrogens with zero attached hydrogens (tertiary/aromatic N) is 3. The minimum absolute atomic E-state index is 0.0489. The summed E-state index contributed by atoms with van der Waals surface area (Å²) in [6.45, 7) is 1.88. The molecule has 2 aromatic carbocycles. The van der Waals surface area contributed by atoms with Gasteiger partial charge in [0.25, 0.3) is 0 Å². The standard InChI is InChI=1S/C18H20N6O3S2/c1-12(22-23-15-4-6-16(7-5-15)29(19,25)26)13-3-8-17(27-2)14(9-13)10-28-18-20-11-21-24-18/h3-9,11,23H,10H2,1-2H3,(H2,19,25,26)(H,20,21,24). The van der Waals surface area contributed by atoms with Gasteiger partial charge in [0.2, 0.25) is 10.0 Å². The lowest BCUT2D eigenvalue weighted by Gasteiger charge is -2.10. The number of aromatic amines is 1. The molecule has 0 aliphatic heterocycles. The van der Waals surface area contributed by atoms with Crippen LogP contribution in [0.2, 0.25) is 0 Å². The van der Waals surface area contributed by atoms with Crippen LogP contribution in [-0.2, 0) is 15.8 Å². The molecule has 0 aliphatic rings. The van der Waals surface area contributed by atoms with E-state index >= 15 is 0 Å². The number of hydrogen-bond acceptors (Lipinski definition) is 8. The first kappa shape index (κ1) is 20.8. The number of thioether (sulfide) groups is 1. The Morgan fingerprint density at radius 3 is 2.66 bits per heavy atom. The van der Waals surface area contributed by atoms with Crippen molar-refractivity contribution >= 4 is 33.2 Å². The van der Waals surface area contributed by atoms with Crippen LogP contribution >= 0.6 is 11.8 Å². The Morgan fingerprint density at radius 1 is 1.28 bits per heavy atom. The maximum Gasteiger partial charge on any atom is 0.238 e. The van der Waals surface area contributed by atoms with Gasteiger partial charge in [0.05, 0.1) is 23.4 Å². The van der Waals surface area contributed by atoms with Crippen molar-refractivity contribution in [1.82, 2.24) is 15.2 Å². The van der Waals surface area contributed by atoms with Crippen LogP contribution in [0.1, 0.15) is 18.1 Å². The zero-order valence-electron chi connectivity index (χ0n) is 15.8. The molecule has 1 heterocycles. The van der Waals surface area contributed by atoms with Crippen molar-refractivity contribution in [2.75, 3.05) is 12.5 Å². The van der Waals surface area contributed by atoms with E-state index in [1.807, 2.05) is 25.1 Å². The van der Waals surface area contributed by atoms with Gasteiger partial charge >= 0.3 is 0 Å². The number of sulfonamides is 1. The summed E-state index contributed by atoms with van der Waals surface area (Å²) in [7, 11) is -2.08. The highest BCUT2D eigenvalue weighted by Gasteiger charge is 2.09. The van der Waals surface area contributed by atoms with Crippen LogP contribution in [0.15, 0.2) is 63.9 Å². The van der Waals surface area contributed by atoms with Crippen molar-refractivity contribution in [1.29, 1.82) is 0 Å². The first-order valence-electron chi connectivity index (χ1n) is 8.45. The zero-order chi connectivity index (χ0) is 20.9. The first-order chi connectivity index (χ1) is 13.9. The lowest BCUT2D eigenvalue weighted by Crippen LogP contribution is -2.11. The molecule has 0 radical (unpaired) electrons. The van der Waals surface area contributed by atoms with Gasteiger partial charge in [0.15, 0.2) is 5.16 Å². The van der Waals surface area contributed by atoms with Crippen molar-refractivity contribution in [2.24, 2.45) is 10.2 Å². The van der Waals surface area contributed by atoms with Gasteiger partial charge < -0.3 is 4.74 Å². The summed E-state index contributed by atoms with van der Waals surface area (Å²) in [6.07, 6.45) is 1.47. The topological polar surface area (TPSA) is 135 Å². The number of rotatable bonds is 8. The fourth-order valence-corrected chi connectivity index (χ4v) is 3.73. The van der Waals surface area contributed by atoms with Gasteiger partial charge in [-0.3, -0.25) is 10.5 Å². The number of hydrazone groups is 1. The summed E-state index contributed by atoms with van der Waals surface area (Å²) in [5.74, 6) is 1.43. The van der Waals surface area contributed by atoms with Gasteiger partial charge in [-0.1, -0.05) is 11.8 Å². The summed E-state index contributed by atoms with van der Waals surface area (Å²) in [5, 5.41) is 16.9. The number of benzene rings is 2. The second kappa shape index (κ2) is 9.07. The number of anilines is 1. The Balaban J connectivity index is 1.73. The third-order valence-electron chi connectivity index (χ3n) is 3.99. The van der Waals surface area contributed by atoms with Gasteiger partial charge in [0, 0.05) is 11.3 Å². The highest BCUT2D eigenvalue weighted by molar-refractivity contribution is 7.98. The molecular formula is C18H20N6O3S2. The van der Waals surface area contributed by atoms with Gasteiger partial charge in [0.1, 0.15) is 12.1 Å². The van der Waals surface area contributed by atoms with Crippen LogP contribution < -0.4 is 15.3 Å². The van der Waals surface area contributed by atoms with Gasteiger partial charge in [-0.05, 0) is 55.0 Å². The van der Waals surface area contributed by atoms with E-state index in [0.717, 1.165) is 27.7 Å². The molecule has 152 valence electrons. The van der Waals surface area contributed by atoms with E-state index in [0.29, 0.717) is 11.4 Å². The maximum absolute atomic E-state index is 11.3. The minimum Gasteiger partial charge on any atom is -0.496 e. The number of hydrogen-bond donors (Lipinski definition) is 3. The summed E-state index contributed by atoms with van der Waals surface area (Å²) in [5.41, 5.74) is 6.24. The molecule has 0 fully saturated rings. The average Bonchev–Trinajstić information content (AvgIpc) is 3.23. The van der Waals surface area contributed by atoms with Crippen LogP contribution in [0.4, 0.5) is 5.69 Å². The zero-order valence-corrected chi connectivity index (χ0v) is 17.4. The third kappa shape index (κ3) is 5.56. The molecule has 4 N–H and O–H groups in total. The largest absolute Gasteiger partial charge is 0.496 e. The fraction of sp³-hybridized carbons (Fsp3) is 0.167. The average molecular weight is 433 g/mol. The van der Waals surface area contributed by atoms with Crippen LogP contribution in [0.3, 0.4) is 0 Å². The molecule has 0 bridgehead atoms. The molecule has 3 rings (SSSR count). The first-order valence-corrected chi connectivity index (χ1v) is 11.0. The van der Waals surface area contributed by atoms with E-state index in [9.17, 15) is 8.42 Å². The molecule has 3 aromatic rings. The molecule has 0 unspecified atom stereocenters. The van der Waals surface area contributed by atoms with Crippen LogP contribution in [-0.4, -0.2) is 36.4 Å². The highest BCUT2D eigenvalue weighted by Crippen LogP contribution is 2.27. The van der Waals surface area contributed by atoms with Crippen LogP contribution in [0.25, 0.3) is 0 Å². The lowest BCUT2D eigenvalue weighted by molar-refractivity contribution is 0.411. The van der Waals surface area contributed by atoms with Crippen molar-refractivity contribution in [3.8, 4) is 5.75 Å². The summed E-state index contributed by atoms with van der Waals surface area (Å²) in [6, 6.07) is 11.9. The molecule has 11 heteroatoms. The number of methoxy groups -OCH3 is 1. The molecule has 1 aromatic heterocycles. The van der Waals surface area contributed by atoms with Gasteiger partial charge in [-0.15, -0.1) is 0 Å². The summed E-state index contributed by atoms with van der Waals surface area (Å²) in [4.78, 5) is 4.15. The normalized spacial score (nSPS) is 12.0. The van der Waals surface area contributed by atoms with Crippen molar-refractivity contribution in [2.45, 2.75) is 22.7 Å². The number of nitrogens with two attached hydrogens (primary N) is 1. The van der Waals surface area contributed by atoms with E-state index < -0.39 is 10.0 Å². The predicted molar refractivity (Wildman–Crippen MR) is 113 cm³/mol. The molecule has 0 aliphatic carbocycles. The van der Waals surface area contributed by atoms with Gasteiger partial charge in [-0.25, -0.2) is 18.5 Å². The fourth-order valence-electron chi connectivity index (χ4n) is 2.46. The van der Waals surface area contributed by atoms with E-state index in [1.165, 1.54) is 30.2 Å². The smallest absolute Gasteiger partial charge is 0.238 e. The Kier molecular flexibility index (Phi) is 6.52. The highest BCUT2D eigenvalue weighted by atomic mass is 32.2. The van der Waals surface area contributed by atoms with E-state index in [-0.39, 0.29) is 4.90 Å². The van der Waals surface area contributed by atoms with E-state index in [1.54, 1.807) is 19.2 Å². The molecule has 0 spiro atoms. The van der Waals surface area contributed by atoms with E-state index in [2.05, 4.69) is 25.7 Å². The van der Waals surface area contributed by atoms with Crippen LogP contribution in [0.5, 0.6) is 5.75 Å². The SMILES string of the molecule is COc1ccc(C(C)=NNc2ccc(S(N)(=O)=O)cc2)cc1CSc1ncn[nH]1. The Morgan fingerprint density at radius 2 is 2.03 bits per heavy atom. The van der Waals surface area contributed by atoms with Crippen molar-refractivity contribution < 1.29 is 13.2 Å². The Labute approximate surface area is 172 Å². The molecule has 0 saturated heterocycles. The monoisotopic (exact) mass is 432 g/mol. The molecule has 0 saturated carbocycles. The third-order valence-corrected chi connectivity index (χ3v) is 5.85. The van der Waals surface area contributed by atoms with Crippen molar-refractivity contribution in [3.63, 3.8) is 0 Å². The molecule has 0 atom stereocenters. The summed E-state index contributed by atoms with van der Waals surface area (Å²) >= 11 is 1.52. The number of aromatic nitrogens is 3. The van der Waals surface area contributed by atoms with Crippen LogP contribution in [0, 0.1) is 0 Å². The molecular weight excluding hydrogens is 412 g/mol. The van der Waals surface area contributed by atoms with E-state index in [4.69, 9.17) is 9.88 Å². The second-order valence-electron chi connectivity index (χ2n) is 5.98. The number of primary sulfonamides is 1. The molecule has 0 amide bonds. The number of H-pyrrole nitrogens is 1. The quantitative estimate of drug-likeness (QED) is 0.283. The minimum atomic E-state index is -3.72.